The number of non-ortho nitro benzene ring substituents is 1. The number of aromatic amines is 1. The molecule has 9 heteroatoms. The Kier molecular flexibility index (Phi) is 5.53. The standard InChI is InChI=1S/C21H17N5O3S/c1-13(27)12-30-21-11-20(24-25-21)17-8-16(9-18(10-17)26(28)29)14-3-2-4-15(7-14)19-5-6-22-23-19/h2-10H,11-12H2,1H3,(H,22,23). The van der Waals surface area contributed by atoms with E-state index in [9.17, 15) is 14.9 Å². The molecule has 0 fully saturated rings. The van der Waals surface area contributed by atoms with Gasteiger partial charge in [0.05, 0.1) is 22.1 Å². The summed E-state index contributed by atoms with van der Waals surface area (Å²) in [5.74, 6) is 0.397. The van der Waals surface area contributed by atoms with Crippen molar-refractivity contribution in [3.8, 4) is 22.4 Å². The zero-order valence-corrected chi connectivity index (χ0v) is 16.8. The summed E-state index contributed by atoms with van der Waals surface area (Å²) in [7, 11) is 0. The van der Waals surface area contributed by atoms with Gasteiger partial charge in [-0.05, 0) is 36.2 Å². The average molecular weight is 419 g/mol. The molecule has 0 amide bonds. The van der Waals surface area contributed by atoms with E-state index in [2.05, 4.69) is 20.4 Å². The molecule has 2 aromatic carbocycles. The first-order valence-corrected chi connectivity index (χ1v) is 10.1. The van der Waals surface area contributed by atoms with E-state index >= 15 is 0 Å². The molecule has 0 aliphatic carbocycles. The molecule has 1 aliphatic heterocycles. The third kappa shape index (κ3) is 4.36. The van der Waals surface area contributed by atoms with E-state index in [4.69, 9.17) is 0 Å². The maximum Gasteiger partial charge on any atom is 0.270 e. The number of aromatic nitrogens is 2. The lowest BCUT2D eigenvalue weighted by molar-refractivity contribution is -0.384. The minimum absolute atomic E-state index is 0.0121. The van der Waals surface area contributed by atoms with E-state index in [1.54, 1.807) is 12.3 Å². The number of nitro groups is 1. The number of ketones is 1. The maximum atomic E-state index is 11.5. The number of rotatable bonds is 6. The minimum Gasteiger partial charge on any atom is -0.299 e. The van der Waals surface area contributed by atoms with Gasteiger partial charge in [0.15, 0.2) is 0 Å². The van der Waals surface area contributed by atoms with Crippen molar-refractivity contribution < 1.29 is 9.72 Å². The molecule has 3 aromatic rings. The summed E-state index contributed by atoms with van der Waals surface area (Å²) < 4.78 is 0. The first-order chi connectivity index (χ1) is 14.5. The van der Waals surface area contributed by atoms with Crippen LogP contribution in [0.4, 0.5) is 5.69 Å². The Labute approximate surface area is 176 Å². The molecule has 0 atom stereocenters. The number of carbonyl (C=O) groups excluding carboxylic acids is 1. The van der Waals surface area contributed by atoms with Crippen molar-refractivity contribution in [2.75, 3.05) is 5.75 Å². The Morgan fingerprint density at radius 1 is 1.10 bits per heavy atom. The van der Waals surface area contributed by atoms with E-state index in [1.165, 1.54) is 24.8 Å². The summed E-state index contributed by atoms with van der Waals surface area (Å²) in [5.41, 5.74) is 4.64. The van der Waals surface area contributed by atoms with Gasteiger partial charge in [-0.2, -0.15) is 10.2 Å². The normalized spacial score (nSPS) is 13.1. The van der Waals surface area contributed by atoms with E-state index < -0.39 is 4.92 Å². The highest BCUT2D eigenvalue weighted by atomic mass is 32.2. The maximum absolute atomic E-state index is 11.5. The largest absolute Gasteiger partial charge is 0.299 e. The van der Waals surface area contributed by atoms with Crippen molar-refractivity contribution in [3.63, 3.8) is 0 Å². The van der Waals surface area contributed by atoms with Gasteiger partial charge in [0.2, 0.25) is 0 Å². The van der Waals surface area contributed by atoms with Crippen LogP contribution in [0.1, 0.15) is 18.9 Å². The summed E-state index contributed by atoms with van der Waals surface area (Å²) >= 11 is 1.34. The third-order valence-electron chi connectivity index (χ3n) is 4.51. The summed E-state index contributed by atoms with van der Waals surface area (Å²) in [5, 5.41) is 27.5. The molecule has 2 heterocycles. The van der Waals surface area contributed by atoms with Crippen molar-refractivity contribution in [1.82, 2.24) is 10.2 Å². The van der Waals surface area contributed by atoms with Crippen LogP contribution in [0, 0.1) is 10.1 Å². The first-order valence-electron chi connectivity index (χ1n) is 9.15. The van der Waals surface area contributed by atoms with Crippen LogP contribution in [0.2, 0.25) is 0 Å². The van der Waals surface area contributed by atoms with Crippen molar-refractivity contribution in [2.45, 2.75) is 13.3 Å². The van der Waals surface area contributed by atoms with Crippen LogP contribution in [-0.4, -0.2) is 37.4 Å². The van der Waals surface area contributed by atoms with Crippen molar-refractivity contribution in [3.05, 3.63) is 70.4 Å². The van der Waals surface area contributed by atoms with Crippen LogP contribution in [0.25, 0.3) is 22.4 Å². The van der Waals surface area contributed by atoms with Gasteiger partial charge in [-0.15, -0.1) is 16.9 Å². The summed E-state index contributed by atoms with van der Waals surface area (Å²) in [6.07, 6.45) is 2.13. The fraction of sp³-hybridized carbons (Fsp3) is 0.143. The number of Topliss-reactive ketones (excluding diaryl/α,β-unsaturated/α-hetero) is 1. The predicted octanol–water partition coefficient (Wildman–Crippen LogP) is 4.48. The Morgan fingerprint density at radius 2 is 1.87 bits per heavy atom. The van der Waals surface area contributed by atoms with Gasteiger partial charge < -0.3 is 0 Å². The molecule has 8 nitrogen and oxygen atoms in total. The Bertz CT molecular complexity index is 1190. The Morgan fingerprint density at radius 3 is 2.60 bits per heavy atom. The summed E-state index contributed by atoms with van der Waals surface area (Å²) in [4.78, 5) is 22.3. The van der Waals surface area contributed by atoms with Crippen molar-refractivity contribution in [2.24, 2.45) is 10.2 Å². The van der Waals surface area contributed by atoms with Crippen LogP contribution in [0.5, 0.6) is 0 Å². The van der Waals surface area contributed by atoms with E-state index in [0.29, 0.717) is 29.0 Å². The van der Waals surface area contributed by atoms with Gasteiger partial charge in [-0.3, -0.25) is 20.0 Å². The second-order valence-electron chi connectivity index (χ2n) is 6.78. The van der Waals surface area contributed by atoms with Gasteiger partial charge in [0.1, 0.15) is 10.8 Å². The molecule has 30 heavy (non-hydrogen) atoms. The Balaban J connectivity index is 1.66. The van der Waals surface area contributed by atoms with E-state index in [0.717, 1.165) is 21.9 Å². The molecule has 0 bridgehead atoms. The van der Waals surface area contributed by atoms with Crippen LogP contribution in [-0.2, 0) is 4.79 Å². The molecule has 0 unspecified atom stereocenters. The summed E-state index contributed by atoms with van der Waals surface area (Å²) in [6, 6.07) is 14.5. The highest BCUT2D eigenvalue weighted by Gasteiger charge is 2.20. The van der Waals surface area contributed by atoms with E-state index in [-0.39, 0.29) is 11.5 Å². The number of H-pyrrole nitrogens is 1. The fourth-order valence-electron chi connectivity index (χ4n) is 3.09. The lowest BCUT2D eigenvalue weighted by Crippen LogP contribution is -2.05. The highest BCUT2D eigenvalue weighted by molar-refractivity contribution is 8.14. The monoisotopic (exact) mass is 419 g/mol. The van der Waals surface area contributed by atoms with Gasteiger partial charge in [-0.1, -0.05) is 18.2 Å². The Hall–Kier alpha value is -3.59. The van der Waals surface area contributed by atoms with Gasteiger partial charge in [-0.25, -0.2) is 0 Å². The van der Waals surface area contributed by atoms with Crippen molar-refractivity contribution >= 4 is 34.0 Å². The fourth-order valence-corrected chi connectivity index (χ4v) is 3.79. The van der Waals surface area contributed by atoms with Crippen LogP contribution in [0.3, 0.4) is 0 Å². The lowest BCUT2D eigenvalue weighted by atomic mass is 9.97. The SMILES string of the molecule is CC(=O)CSC1=NN=C(c2cc(-c3cccc(-c4ccn[nH]4)c3)cc([N+](=O)[O-])c2)C1. The molecule has 0 spiro atoms. The molecule has 150 valence electrons. The number of benzene rings is 2. The van der Waals surface area contributed by atoms with Crippen molar-refractivity contribution in [1.29, 1.82) is 0 Å². The molecule has 0 radical (unpaired) electrons. The zero-order valence-electron chi connectivity index (χ0n) is 16.0. The minimum atomic E-state index is -0.409. The molecular weight excluding hydrogens is 402 g/mol. The molecule has 1 N–H and O–H groups in total. The number of nitrogens with zero attached hydrogens (tertiary/aromatic N) is 4. The smallest absolute Gasteiger partial charge is 0.270 e. The number of hydrogen-bond donors (Lipinski definition) is 1. The molecule has 0 saturated heterocycles. The molecule has 1 aliphatic rings. The predicted molar refractivity (Wildman–Crippen MR) is 118 cm³/mol. The molecule has 1 aromatic heterocycles. The first kappa shape index (κ1) is 19.7. The molecule has 0 saturated carbocycles. The third-order valence-corrected chi connectivity index (χ3v) is 5.62. The van der Waals surface area contributed by atoms with Gasteiger partial charge in [0, 0.05) is 35.9 Å². The quantitative estimate of drug-likeness (QED) is 0.467. The van der Waals surface area contributed by atoms with E-state index in [1.807, 2.05) is 36.4 Å². The van der Waals surface area contributed by atoms with Crippen LogP contribution in [0.15, 0.2) is 64.9 Å². The lowest BCUT2D eigenvalue weighted by Gasteiger charge is -2.08. The molecule has 4 rings (SSSR count). The van der Waals surface area contributed by atoms with Gasteiger partial charge >= 0.3 is 0 Å². The number of nitrogens with one attached hydrogen (secondary N) is 1. The second-order valence-corrected chi connectivity index (χ2v) is 7.83. The summed E-state index contributed by atoms with van der Waals surface area (Å²) in [6.45, 7) is 1.52. The number of nitro benzene ring substituents is 1. The zero-order chi connectivity index (χ0) is 21.1. The average Bonchev–Trinajstić information content (AvgIpc) is 3.44. The highest BCUT2D eigenvalue weighted by Crippen LogP contribution is 2.31. The molecular formula is C21H17N5O3S. The van der Waals surface area contributed by atoms with Crippen LogP contribution >= 0.6 is 11.8 Å². The van der Waals surface area contributed by atoms with Gasteiger partial charge in [0.25, 0.3) is 5.69 Å². The van der Waals surface area contributed by atoms with Crippen LogP contribution < -0.4 is 0 Å². The number of carbonyl (C=O) groups is 1. The second kappa shape index (κ2) is 8.42. The number of hydrogen-bond acceptors (Lipinski definition) is 7. The number of thioether (sulfide) groups is 1. The topological polar surface area (TPSA) is 114 Å².